The molecule has 0 spiro atoms. The number of anilines is 1. The first-order valence-corrected chi connectivity index (χ1v) is 9.60. The Balaban J connectivity index is 1.59. The third kappa shape index (κ3) is 3.22. The largest absolute Gasteiger partial charge is 0.421 e. The second-order valence-electron chi connectivity index (χ2n) is 7.61. The summed E-state index contributed by atoms with van der Waals surface area (Å²) >= 11 is 0. The summed E-state index contributed by atoms with van der Waals surface area (Å²) in [4.78, 5) is 0. The Morgan fingerprint density at radius 3 is 2.57 bits per heavy atom. The normalized spacial score (nSPS) is 23.7. The van der Waals surface area contributed by atoms with Crippen LogP contribution in [-0.4, -0.2) is 30.4 Å². The lowest BCUT2D eigenvalue weighted by molar-refractivity contribution is -0.657. The molecular formula is C21H25N8O+. The molecule has 2 atom stereocenters. The monoisotopic (exact) mass is 405 g/mol. The van der Waals surface area contributed by atoms with Gasteiger partial charge in [-0.2, -0.15) is 0 Å². The molecule has 4 rings (SSSR count). The van der Waals surface area contributed by atoms with Crippen LogP contribution >= 0.6 is 0 Å². The van der Waals surface area contributed by atoms with E-state index < -0.39 is 11.3 Å². The number of aromatic nitrogens is 5. The van der Waals surface area contributed by atoms with E-state index in [1.54, 1.807) is 17.1 Å². The predicted octanol–water partition coefficient (Wildman–Crippen LogP) is 2.89. The highest BCUT2D eigenvalue weighted by atomic mass is 16.3. The summed E-state index contributed by atoms with van der Waals surface area (Å²) in [5.74, 6) is 0.741. The van der Waals surface area contributed by atoms with Gasteiger partial charge >= 0.3 is 5.95 Å². The van der Waals surface area contributed by atoms with Crippen LogP contribution in [0.5, 0.6) is 0 Å². The summed E-state index contributed by atoms with van der Waals surface area (Å²) in [6.07, 6.45) is 12.9. The van der Waals surface area contributed by atoms with E-state index in [1.165, 1.54) is 0 Å². The van der Waals surface area contributed by atoms with E-state index >= 15 is 0 Å². The maximum atomic E-state index is 11.7. The SMILES string of the molecule is CC1=CC=CC(C)(n2ccnn2)C1(O)Nc1ccc(N=Nc2n(C)cc[n+]2C)cc1. The molecule has 9 heteroatoms. The van der Waals surface area contributed by atoms with Crippen molar-refractivity contribution in [2.45, 2.75) is 25.1 Å². The van der Waals surface area contributed by atoms with E-state index in [0.29, 0.717) is 5.69 Å². The van der Waals surface area contributed by atoms with Crippen LogP contribution in [0.4, 0.5) is 17.3 Å². The highest BCUT2D eigenvalue weighted by molar-refractivity contribution is 5.55. The van der Waals surface area contributed by atoms with E-state index in [9.17, 15) is 5.11 Å². The average molecular weight is 405 g/mol. The summed E-state index contributed by atoms with van der Waals surface area (Å²) in [5, 5.41) is 31.6. The summed E-state index contributed by atoms with van der Waals surface area (Å²) in [6, 6.07) is 7.43. The van der Waals surface area contributed by atoms with Gasteiger partial charge in [-0.1, -0.05) is 28.6 Å². The number of aryl methyl sites for hydroxylation is 2. The van der Waals surface area contributed by atoms with E-state index in [2.05, 4.69) is 25.9 Å². The number of hydrogen-bond donors (Lipinski definition) is 2. The molecule has 3 aromatic rings. The molecule has 0 saturated heterocycles. The number of hydrogen-bond acceptors (Lipinski definition) is 6. The predicted molar refractivity (Wildman–Crippen MR) is 112 cm³/mol. The second-order valence-corrected chi connectivity index (χ2v) is 7.61. The molecule has 154 valence electrons. The Bertz CT molecular complexity index is 1110. The van der Waals surface area contributed by atoms with Crippen molar-refractivity contribution < 1.29 is 9.67 Å². The van der Waals surface area contributed by atoms with Crippen LogP contribution in [0, 0.1) is 0 Å². The van der Waals surface area contributed by atoms with Gasteiger partial charge in [0.05, 0.1) is 32.7 Å². The van der Waals surface area contributed by atoms with E-state index in [4.69, 9.17) is 0 Å². The quantitative estimate of drug-likeness (QED) is 0.388. The number of azo groups is 1. The van der Waals surface area contributed by atoms with Crippen molar-refractivity contribution in [1.29, 1.82) is 0 Å². The van der Waals surface area contributed by atoms with Gasteiger partial charge in [-0.3, -0.25) is 0 Å². The molecule has 1 aromatic carbocycles. The molecule has 1 aliphatic rings. The van der Waals surface area contributed by atoms with E-state index in [0.717, 1.165) is 17.2 Å². The third-order valence-corrected chi connectivity index (χ3v) is 5.56. The van der Waals surface area contributed by atoms with Gasteiger partial charge in [0.25, 0.3) is 0 Å². The number of imidazole rings is 1. The summed E-state index contributed by atoms with van der Waals surface area (Å²) in [6.45, 7) is 3.79. The van der Waals surface area contributed by atoms with Crippen molar-refractivity contribution in [3.63, 3.8) is 0 Å². The molecule has 2 heterocycles. The van der Waals surface area contributed by atoms with Gasteiger partial charge in [-0.25, -0.2) is 13.8 Å². The molecule has 0 amide bonds. The maximum absolute atomic E-state index is 11.7. The van der Waals surface area contributed by atoms with Crippen molar-refractivity contribution in [2.24, 2.45) is 24.3 Å². The minimum Gasteiger partial charge on any atom is -0.365 e. The van der Waals surface area contributed by atoms with Crippen LogP contribution in [-0.2, 0) is 19.6 Å². The zero-order chi connectivity index (χ0) is 21.4. The van der Waals surface area contributed by atoms with E-state index in [1.807, 2.05) is 92.0 Å². The molecule has 2 aromatic heterocycles. The summed E-state index contributed by atoms with van der Waals surface area (Å²) in [7, 11) is 3.84. The molecule has 9 nitrogen and oxygen atoms in total. The first-order valence-electron chi connectivity index (χ1n) is 9.60. The molecule has 1 aliphatic carbocycles. The van der Waals surface area contributed by atoms with Gasteiger partial charge in [0.1, 0.15) is 11.2 Å². The van der Waals surface area contributed by atoms with Crippen molar-refractivity contribution >= 4 is 17.3 Å². The zero-order valence-electron chi connectivity index (χ0n) is 17.4. The Morgan fingerprint density at radius 2 is 1.93 bits per heavy atom. The molecule has 0 bridgehead atoms. The third-order valence-electron chi connectivity index (χ3n) is 5.56. The lowest BCUT2D eigenvalue weighted by atomic mass is 9.79. The van der Waals surface area contributed by atoms with Gasteiger partial charge in [0.2, 0.25) is 0 Å². The van der Waals surface area contributed by atoms with Crippen LogP contribution in [0.25, 0.3) is 0 Å². The molecule has 0 fully saturated rings. The Kier molecular flexibility index (Phi) is 4.83. The Labute approximate surface area is 174 Å². The summed E-state index contributed by atoms with van der Waals surface area (Å²) < 4.78 is 5.44. The minimum atomic E-state index is -1.39. The number of benzene rings is 1. The second kappa shape index (κ2) is 7.34. The van der Waals surface area contributed by atoms with Crippen LogP contribution < -0.4 is 9.88 Å². The molecule has 30 heavy (non-hydrogen) atoms. The molecule has 2 N–H and O–H groups in total. The zero-order valence-corrected chi connectivity index (χ0v) is 17.4. The van der Waals surface area contributed by atoms with Crippen molar-refractivity contribution in [1.82, 2.24) is 19.6 Å². The van der Waals surface area contributed by atoms with Gasteiger partial charge in [0.15, 0.2) is 5.72 Å². The fourth-order valence-corrected chi connectivity index (χ4v) is 3.59. The molecule has 2 unspecified atom stereocenters. The molecule has 0 aliphatic heterocycles. The van der Waals surface area contributed by atoms with Gasteiger partial charge in [0, 0.05) is 17.0 Å². The van der Waals surface area contributed by atoms with Gasteiger partial charge < -0.3 is 10.4 Å². The fraction of sp³-hybridized carbons (Fsp3) is 0.286. The first kappa shape index (κ1) is 19.7. The molecule has 0 radical (unpaired) electrons. The fourth-order valence-electron chi connectivity index (χ4n) is 3.59. The number of allylic oxidation sites excluding steroid dienone is 2. The lowest BCUT2D eigenvalue weighted by Crippen LogP contribution is -2.59. The molecule has 0 saturated carbocycles. The number of nitrogens with zero attached hydrogens (tertiary/aromatic N) is 7. The molecular weight excluding hydrogens is 380 g/mol. The number of nitrogens with one attached hydrogen (secondary N) is 1. The van der Waals surface area contributed by atoms with Crippen LogP contribution in [0.1, 0.15) is 13.8 Å². The van der Waals surface area contributed by atoms with E-state index in [-0.39, 0.29) is 0 Å². The van der Waals surface area contributed by atoms with Gasteiger partial charge in [-0.15, -0.1) is 5.10 Å². The topological polar surface area (TPSA) is 96.5 Å². The lowest BCUT2D eigenvalue weighted by Gasteiger charge is -2.46. The van der Waals surface area contributed by atoms with Crippen LogP contribution in [0.2, 0.25) is 0 Å². The summed E-state index contributed by atoms with van der Waals surface area (Å²) in [5.41, 5.74) is -0.0288. The maximum Gasteiger partial charge on any atom is 0.421 e. The average Bonchev–Trinajstić information content (AvgIpc) is 3.37. The standard InChI is InChI=1S/C21H24N8O/c1-16-6-5-11-20(2,29-13-12-22-26-29)21(16,30)23-17-7-9-18(10-8-17)24-25-19-27(3)14-15-28(19)4/h5-15,30H,1-4H3/p+1. The van der Waals surface area contributed by atoms with Crippen molar-refractivity contribution in [3.8, 4) is 0 Å². The van der Waals surface area contributed by atoms with Crippen molar-refractivity contribution in [3.05, 3.63) is 72.9 Å². The van der Waals surface area contributed by atoms with Gasteiger partial charge in [-0.05, 0) is 43.7 Å². The highest BCUT2D eigenvalue weighted by Crippen LogP contribution is 2.40. The Hall–Kier alpha value is -3.59. The first-order chi connectivity index (χ1) is 14.3. The van der Waals surface area contributed by atoms with Crippen molar-refractivity contribution in [2.75, 3.05) is 5.32 Å². The highest BCUT2D eigenvalue weighted by Gasteiger charge is 2.50. The number of rotatable bonds is 5. The smallest absolute Gasteiger partial charge is 0.365 e. The van der Waals surface area contributed by atoms with Crippen LogP contribution in [0.15, 0.2) is 83.1 Å². The number of aliphatic hydroxyl groups is 1. The Morgan fingerprint density at radius 1 is 1.17 bits per heavy atom. The van der Waals surface area contributed by atoms with Crippen LogP contribution in [0.3, 0.4) is 0 Å². The minimum absolute atomic E-state index is 0.712.